The zero-order valence-corrected chi connectivity index (χ0v) is 13.3. The van der Waals surface area contributed by atoms with E-state index >= 15 is 0 Å². The summed E-state index contributed by atoms with van der Waals surface area (Å²) >= 11 is 0. The predicted octanol–water partition coefficient (Wildman–Crippen LogP) is 4.19. The van der Waals surface area contributed by atoms with Crippen LogP contribution in [0.2, 0.25) is 0 Å². The van der Waals surface area contributed by atoms with Crippen molar-refractivity contribution in [3.63, 3.8) is 0 Å². The van der Waals surface area contributed by atoms with Gasteiger partial charge in [-0.15, -0.1) is 0 Å². The fraction of sp³-hybridized carbons (Fsp3) is 0.316. The van der Waals surface area contributed by atoms with Crippen molar-refractivity contribution in [1.82, 2.24) is 5.32 Å². The van der Waals surface area contributed by atoms with E-state index in [0.29, 0.717) is 6.42 Å². The van der Waals surface area contributed by atoms with Crippen LogP contribution in [0.25, 0.3) is 0 Å². The molecule has 0 heterocycles. The van der Waals surface area contributed by atoms with E-state index in [1.54, 1.807) is 6.07 Å². The molecule has 1 amide bonds. The van der Waals surface area contributed by atoms with E-state index in [1.807, 2.05) is 51.1 Å². The molecule has 22 heavy (non-hydrogen) atoms. The quantitative estimate of drug-likeness (QED) is 0.881. The molecule has 1 N–H and O–H groups in total. The molecule has 0 aromatic heterocycles. The number of aryl methyl sites for hydroxylation is 1. The predicted molar refractivity (Wildman–Crippen MR) is 87.0 cm³/mol. The Morgan fingerprint density at radius 3 is 2.45 bits per heavy atom. The van der Waals surface area contributed by atoms with Crippen molar-refractivity contribution >= 4 is 5.91 Å². The number of benzene rings is 2. The lowest BCUT2D eigenvalue weighted by Crippen LogP contribution is -2.32. The monoisotopic (exact) mass is 299 g/mol. The fourth-order valence-electron chi connectivity index (χ4n) is 2.40. The van der Waals surface area contributed by atoms with Crippen molar-refractivity contribution in [2.45, 2.75) is 33.2 Å². The lowest BCUT2D eigenvalue weighted by molar-refractivity contribution is -0.125. The van der Waals surface area contributed by atoms with Crippen LogP contribution in [-0.4, -0.2) is 5.91 Å². The standard InChI is InChI=1S/C19H22FNO/c1-13-7-9-17(10-8-13)15(3)21-19(22)14(2)11-16-5-4-6-18(20)12-16/h4-10,12,14-15H,11H2,1-3H3,(H,21,22). The minimum Gasteiger partial charge on any atom is -0.349 e. The number of carbonyl (C=O) groups is 1. The van der Waals surface area contributed by atoms with Gasteiger partial charge in [0.2, 0.25) is 5.91 Å². The smallest absolute Gasteiger partial charge is 0.223 e. The molecule has 0 spiro atoms. The van der Waals surface area contributed by atoms with Gasteiger partial charge in [0.1, 0.15) is 5.82 Å². The van der Waals surface area contributed by atoms with Crippen LogP contribution in [0, 0.1) is 18.7 Å². The van der Waals surface area contributed by atoms with Crippen molar-refractivity contribution in [1.29, 1.82) is 0 Å². The van der Waals surface area contributed by atoms with Gasteiger partial charge in [0.15, 0.2) is 0 Å². The number of carbonyl (C=O) groups excluding carboxylic acids is 1. The minimum atomic E-state index is -0.266. The Morgan fingerprint density at radius 2 is 1.82 bits per heavy atom. The van der Waals surface area contributed by atoms with Crippen molar-refractivity contribution in [2.75, 3.05) is 0 Å². The number of hydrogen-bond acceptors (Lipinski definition) is 1. The molecular formula is C19H22FNO. The molecule has 2 aromatic carbocycles. The second-order valence-electron chi connectivity index (χ2n) is 5.88. The van der Waals surface area contributed by atoms with E-state index in [1.165, 1.54) is 17.7 Å². The van der Waals surface area contributed by atoms with E-state index in [-0.39, 0.29) is 23.7 Å². The summed E-state index contributed by atoms with van der Waals surface area (Å²) in [6.07, 6.45) is 0.532. The Balaban J connectivity index is 1.94. The molecule has 2 atom stereocenters. The van der Waals surface area contributed by atoms with Gasteiger partial charge in [-0.3, -0.25) is 4.79 Å². The summed E-state index contributed by atoms with van der Waals surface area (Å²) in [7, 11) is 0. The zero-order valence-electron chi connectivity index (χ0n) is 13.3. The summed E-state index contributed by atoms with van der Waals surface area (Å²) in [5.41, 5.74) is 3.12. The highest BCUT2D eigenvalue weighted by molar-refractivity contribution is 5.79. The van der Waals surface area contributed by atoms with Gasteiger partial charge < -0.3 is 5.32 Å². The van der Waals surface area contributed by atoms with Crippen LogP contribution >= 0.6 is 0 Å². The molecule has 116 valence electrons. The Hall–Kier alpha value is -2.16. The summed E-state index contributed by atoms with van der Waals surface area (Å²) in [4.78, 5) is 12.3. The molecule has 2 aromatic rings. The van der Waals surface area contributed by atoms with Gasteiger partial charge in [-0.25, -0.2) is 4.39 Å². The highest BCUT2D eigenvalue weighted by atomic mass is 19.1. The number of hydrogen-bond donors (Lipinski definition) is 1. The van der Waals surface area contributed by atoms with Gasteiger partial charge in [0.25, 0.3) is 0 Å². The van der Waals surface area contributed by atoms with E-state index in [4.69, 9.17) is 0 Å². The number of rotatable bonds is 5. The maximum Gasteiger partial charge on any atom is 0.223 e. The van der Waals surface area contributed by atoms with Crippen molar-refractivity contribution in [2.24, 2.45) is 5.92 Å². The van der Waals surface area contributed by atoms with Gasteiger partial charge in [0, 0.05) is 5.92 Å². The van der Waals surface area contributed by atoms with Gasteiger partial charge in [-0.2, -0.15) is 0 Å². The first-order valence-electron chi connectivity index (χ1n) is 7.57. The van der Waals surface area contributed by atoms with E-state index in [2.05, 4.69) is 5.32 Å². The summed E-state index contributed by atoms with van der Waals surface area (Å²) in [6.45, 7) is 5.87. The lowest BCUT2D eigenvalue weighted by atomic mass is 9.99. The van der Waals surface area contributed by atoms with Crippen LogP contribution in [0.5, 0.6) is 0 Å². The third-order valence-electron chi connectivity index (χ3n) is 3.81. The van der Waals surface area contributed by atoms with Crippen LogP contribution < -0.4 is 5.32 Å². The molecule has 0 fully saturated rings. The van der Waals surface area contributed by atoms with Crippen LogP contribution in [0.4, 0.5) is 4.39 Å². The Morgan fingerprint density at radius 1 is 1.14 bits per heavy atom. The largest absolute Gasteiger partial charge is 0.349 e. The van der Waals surface area contributed by atoms with Crippen molar-refractivity contribution in [3.8, 4) is 0 Å². The molecule has 0 aliphatic heterocycles. The topological polar surface area (TPSA) is 29.1 Å². The summed E-state index contributed by atoms with van der Waals surface area (Å²) in [5, 5.41) is 3.02. The number of halogens is 1. The SMILES string of the molecule is Cc1ccc(C(C)NC(=O)C(C)Cc2cccc(F)c2)cc1. The fourth-order valence-corrected chi connectivity index (χ4v) is 2.40. The van der Waals surface area contributed by atoms with E-state index < -0.39 is 0 Å². The molecule has 0 aliphatic rings. The molecule has 0 saturated heterocycles. The molecule has 0 aliphatic carbocycles. The first-order chi connectivity index (χ1) is 10.5. The van der Waals surface area contributed by atoms with Crippen LogP contribution in [-0.2, 0) is 11.2 Å². The van der Waals surface area contributed by atoms with Gasteiger partial charge in [0.05, 0.1) is 6.04 Å². The Bertz CT molecular complexity index is 636. The maximum absolute atomic E-state index is 13.2. The Kier molecular flexibility index (Phi) is 5.31. The number of amides is 1. The molecule has 0 bridgehead atoms. The second-order valence-corrected chi connectivity index (χ2v) is 5.88. The van der Waals surface area contributed by atoms with Crippen LogP contribution in [0.1, 0.15) is 36.6 Å². The molecule has 2 rings (SSSR count). The molecule has 3 heteroatoms. The lowest BCUT2D eigenvalue weighted by Gasteiger charge is -2.18. The molecule has 0 radical (unpaired) electrons. The normalized spacial score (nSPS) is 13.5. The maximum atomic E-state index is 13.2. The van der Waals surface area contributed by atoms with Crippen LogP contribution in [0.3, 0.4) is 0 Å². The third kappa shape index (κ3) is 4.42. The summed E-state index contributed by atoms with van der Waals surface area (Å²) in [6, 6.07) is 14.5. The Labute approximate surface area is 131 Å². The number of nitrogens with one attached hydrogen (secondary N) is 1. The zero-order chi connectivity index (χ0) is 16.1. The van der Waals surface area contributed by atoms with E-state index in [0.717, 1.165) is 11.1 Å². The molecule has 0 saturated carbocycles. The average Bonchev–Trinajstić information content (AvgIpc) is 2.47. The first-order valence-corrected chi connectivity index (χ1v) is 7.57. The average molecular weight is 299 g/mol. The van der Waals surface area contributed by atoms with Crippen LogP contribution in [0.15, 0.2) is 48.5 Å². The van der Waals surface area contributed by atoms with Gasteiger partial charge in [-0.05, 0) is 43.5 Å². The highest BCUT2D eigenvalue weighted by Crippen LogP contribution is 2.15. The summed E-state index contributed by atoms with van der Waals surface area (Å²) < 4.78 is 13.2. The minimum absolute atomic E-state index is 0.0164. The molecule has 2 unspecified atom stereocenters. The van der Waals surface area contributed by atoms with Gasteiger partial charge >= 0.3 is 0 Å². The first kappa shape index (κ1) is 16.2. The molecular weight excluding hydrogens is 277 g/mol. The highest BCUT2D eigenvalue weighted by Gasteiger charge is 2.16. The van der Waals surface area contributed by atoms with Crippen molar-refractivity contribution in [3.05, 3.63) is 71.0 Å². The van der Waals surface area contributed by atoms with Gasteiger partial charge in [-0.1, -0.05) is 48.9 Å². The third-order valence-corrected chi connectivity index (χ3v) is 3.81. The summed E-state index contributed by atoms with van der Waals surface area (Å²) in [5.74, 6) is -0.481. The molecule has 2 nitrogen and oxygen atoms in total. The van der Waals surface area contributed by atoms with E-state index in [9.17, 15) is 9.18 Å². The van der Waals surface area contributed by atoms with Crippen molar-refractivity contribution < 1.29 is 9.18 Å². The second kappa shape index (κ2) is 7.21.